The Balaban J connectivity index is 3.34. The molecule has 0 bridgehead atoms. The Morgan fingerprint density at radius 2 is 1.90 bits per heavy atom. The molecule has 3 N–H and O–H groups in total. The van der Waals surface area contributed by atoms with Crippen LogP contribution < -0.4 is 5.73 Å². The topological polar surface area (TPSA) is 118 Å². The summed E-state index contributed by atoms with van der Waals surface area (Å²) >= 11 is 0. The minimum Gasteiger partial charge on any atom is -0.478 e. The minimum atomic E-state index is -3.96. The molecule has 0 aromatic heterocycles. The number of hydrogen-bond acceptors (Lipinski definition) is 4. The van der Waals surface area contributed by atoms with Gasteiger partial charge in [-0.15, -0.1) is 0 Å². The normalized spacial score (nSPS) is 11.6. The summed E-state index contributed by atoms with van der Waals surface area (Å²) < 4.78 is 25.7. The van der Waals surface area contributed by atoms with Crippen LogP contribution in [0.25, 0.3) is 0 Å². The third-order valence-corrected chi connectivity index (χ3v) is 4.93. The molecule has 21 heavy (non-hydrogen) atoms. The van der Waals surface area contributed by atoms with Gasteiger partial charge in [0.2, 0.25) is 15.9 Å². The number of aromatic carboxylic acids is 1. The van der Waals surface area contributed by atoms with Crippen molar-refractivity contribution in [2.75, 3.05) is 13.1 Å². The van der Waals surface area contributed by atoms with Gasteiger partial charge in [-0.3, -0.25) is 4.79 Å². The predicted octanol–water partition coefficient (Wildman–Crippen LogP) is 0.443. The van der Waals surface area contributed by atoms with E-state index in [2.05, 4.69) is 0 Å². The van der Waals surface area contributed by atoms with E-state index in [9.17, 15) is 18.0 Å². The molecule has 0 spiro atoms. The van der Waals surface area contributed by atoms with Crippen molar-refractivity contribution >= 4 is 21.9 Å². The lowest BCUT2D eigenvalue weighted by Gasteiger charge is -2.19. The SMILES string of the molecule is CCc1ccc(S(=O)(=O)N(CC)CC(N)=O)cc1C(=O)O. The van der Waals surface area contributed by atoms with Crippen LogP contribution in [0.5, 0.6) is 0 Å². The first kappa shape index (κ1) is 17.1. The Bertz CT molecular complexity index is 655. The smallest absolute Gasteiger partial charge is 0.336 e. The van der Waals surface area contributed by atoms with Crippen LogP contribution in [0.2, 0.25) is 0 Å². The monoisotopic (exact) mass is 314 g/mol. The van der Waals surface area contributed by atoms with Crippen molar-refractivity contribution in [3.63, 3.8) is 0 Å². The molecule has 116 valence electrons. The molecule has 0 fully saturated rings. The fourth-order valence-corrected chi connectivity index (χ4v) is 3.36. The fraction of sp³-hybridized carbons (Fsp3) is 0.385. The van der Waals surface area contributed by atoms with Crippen molar-refractivity contribution in [3.05, 3.63) is 29.3 Å². The summed E-state index contributed by atoms with van der Waals surface area (Å²) in [5.41, 5.74) is 5.51. The summed E-state index contributed by atoms with van der Waals surface area (Å²) in [5, 5.41) is 9.15. The van der Waals surface area contributed by atoms with Gasteiger partial charge in [-0.05, 0) is 24.1 Å². The van der Waals surface area contributed by atoms with Crippen LogP contribution >= 0.6 is 0 Å². The number of rotatable bonds is 7. The van der Waals surface area contributed by atoms with Gasteiger partial charge in [-0.1, -0.05) is 19.9 Å². The molecule has 0 atom stereocenters. The largest absolute Gasteiger partial charge is 0.478 e. The number of sulfonamides is 1. The van der Waals surface area contributed by atoms with Gasteiger partial charge in [0.25, 0.3) is 0 Å². The van der Waals surface area contributed by atoms with Gasteiger partial charge in [0.1, 0.15) is 0 Å². The lowest BCUT2D eigenvalue weighted by molar-refractivity contribution is -0.118. The molecule has 0 radical (unpaired) electrons. The second-order valence-electron chi connectivity index (χ2n) is 4.38. The molecular formula is C13H18N2O5S. The Labute approximate surface area is 123 Å². The summed E-state index contributed by atoms with van der Waals surface area (Å²) in [7, 11) is -3.96. The number of benzene rings is 1. The molecule has 0 heterocycles. The first-order valence-electron chi connectivity index (χ1n) is 6.38. The molecule has 1 aromatic carbocycles. The lowest BCUT2D eigenvalue weighted by Crippen LogP contribution is -2.38. The van der Waals surface area contributed by atoms with Gasteiger partial charge in [-0.25, -0.2) is 13.2 Å². The highest BCUT2D eigenvalue weighted by Crippen LogP contribution is 2.20. The summed E-state index contributed by atoms with van der Waals surface area (Å²) in [6.45, 7) is 2.96. The molecule has 0 saturated carbocycles. The van der Waals surface area contributed by atoms with E-state index in [4.69, 9.17) is 10.8 Å². The van der Waals surface area contributed by atoms with Crippen molar-refractivity contribution < 1.29 is 23.1 Å². The first-order valence-corrected chi connectivity index (χ1v) is 7.82. The zero-order valence-corrected chi connectivity index (χ0v) is 12.7. The van der Waals surface area contributed by atoms with Crippen molar-refractivity contribution in [3.8, 4) is 0 Å². The number of carboxylic acid groups (broad SMARTS) is 1. The molecule has 1 amide bonds. The number of aryl methyl sites for hydroxylation is 1. The standard InChI is InChI=1S/C13H18N2O5S/c1-3-9-5-6-10(7-11(9)13(17)18)21(19,20)15(4-2)8-12(14)16/h5-7H,3-4,8H2,1-2H3,(H2,14,16)(H,17,18). The van der Waals surface area contributed by atoms with Crippen LogP contribution in [0.1, 0.15) is 29.8 Å². The lowest BCUT2D eigenvalue weighted by atomic mass is 10.1. The summed E-state index contributed by atoms with van der Waals surface area (Å²) in [4.78, 5) is 22.0. The second kappa shape index (κ2) is 6.68. The van der Waals surface area contributed by atoms with Crippen LogP contribution in [-0.2, 0) is 21.2 Å². The number of primary amides is 1. The molecular weight excluding hydrogens is 296 g/mol. The summed E-state index contributed by atoms with van der Waals surface area (Å²) in [6.07, 6.45) is 0.473. The molecule has 0 unspecified atom stereocenters. The number of carbonyl (C=O) groups is 2. The number of carboxylic acids is 1. The van der Waals surface area contributed by atoms with E-state index in [0.29, 0.717) is 12.0 Å². The molecule has 1 aromatic rings. The van der Waals surface area contributed by atoms with Gasteiger partial charge in [-0.2, -0.15) is 4.31 Å². The van der Waals surface area contributed by atoms with E-state index in [1.165, 1.54) is 12.1 Å². The average molecular weight is 314 g/mol. The molecule has 0 aliphatic carbocycles. The van der Waals surface area contributed by atoms with Crippen molar-refractivity contribution in [2.45, 2.75) is 25.2 Å². The number of hydrogen-bond donors (Lipinski definition) is 2. The highest BCUT2D eigenvalue weighted by molar-refractivity contribution is 7.89. The molecule has 1 rings (SSSR count). The van der Waals surface area contributed by atoms with Crippen LogP contribution in [-0.4, -0.2) is 42.8 Å². The maximum Gasteiger partial charge on any atom is 0.336 e. The van der Waals surface area contributed by atoms with Gasteiger partial charge in [0, 0.05) is 6.54 Å². The van der Waals surface area contributed by atoms with Crippen LogP contribution in [0.15, 0.2) is 23.1 Å². The third kappa shape index (κ3) is 3.79. The summed E-state index contributed by atoms with van der Waals surface area (Å²) in [5.74, 6) is -1.97. The average Bonchev–Trinajstić information content (AvgIpc) is 2.43. The Morgan fingerprint density at radius 1 is 1.29 bits per heavy atom. The molecule has 7 nitrogen and oxygen atoms in total. The number of carbonyl (C=O) groups excluding carboxylic acids is 1. The molecule has 0 aliphatic rings. The number of likely N-dealkylation sites (N-methyl/N-ethyl adjacent to an activating group) is 1. The highest BCUT2D eigenvalue weighted by atomic mass is 32.2. The van der Waals surface area contributed by atoms with Crippen LogP contribution in [0, 0.1) is 0 Å². The van der Waals surface area contributed by atoms with Gasteiger partial charge in [0.05, 0.1) is 17.0 Å². The molecule has 8 heteroatoms. The zero-order chi connectivity index (χ0) is 16.2. The quantitative estimate of drug-likeness (QED) is 0.757. The van der Waals surface area contributed by atoms with Gasteiger partial charge in [0.15, 0.2) is 0 Å². The Hall–Kier alpha value is -1.93. The van der Waals surface area contributed by atoms with E-state index in [-0.39, 0.29) is 17.0 Å². The maximum absolute atomic E-state index is 12.4. The van der Waals surface area contributed by atoms with E-state index in [1.54, 1.807) is 13.8 Å². The number of amides is 1. The number of nitrogens with zero attached hydrogens (tertiary/aromatic N) is 1. The van der Waals surface area contributed by atoms with Crippen molar-refractivity contribution in [1.29, 1.82) is 0 Å². The zero-order valence-electron chi connectivity index (χ0n) is 11.9. The Kier molecular flexibility index (Phi) is 5.45. The Morgan fingerprint density at radius 3 is 2.33 bits per heavy atom. The van der Waals surface area contributed by atoms with Gasteiger partial charge < -0.3 is 10.8 Å². The molecule has 0 aliphatic heterocycles. The third-order valence-electron chi connectivity index (χ3n) is 3.02. The summed E-state index contributed by atoms with van der Waals surface area (Å²) in [6, 6.07) is 3.92. The van der Waals surface area contributed by atoms with E-state index >= 15 is 0 Å². The predicted molar refractivity (Wildman–Crippen MR) is 76.4 cm³/mol. The highest BCUT2D eigenvalue weighted by Gasteiger charge is 2.26. The van der Waals surface area contributed by atoms with Crippen molar-refractivity contribution in [1.82, 2.24) is 4.31 Å². The van der Waals surface area contributed by atoms with E-state index in [1.807, 2.05) is 0 Å². The van der Waals surface area contributed by atoms with E-state index in [0.717, 1.165) is 10.4 Å². The van der Waals surface area contributed by atoms with Crippen molar-refractivity contribution in [2.24, 2.45) is 5.73 Å². The van der Waals surface area contributed by atoms with E-state index < -0.39 is 28.4 Å². The second-order valence-corrected chi connectivity index (χ2v) is 6.31. The first-order chi connectivity index (χ1) is 9.73. The van der Waals surface area contributed by atoms with Gasteiger partial charge >= 0.3 is 5.97 Å². The maximum atomic E-state index is 12.4. The fourth-order valence-electron chi connectivity index (χ4n) is 1.91. The number of nitrogens with two attached hydrogens (primary N) is 1. The minimum absolute atomic E-state index is 0.0587. The van der Waals surface area contributed by atoms with Crippen LogP contribution in [0.3, 0.4) is 0 Å². The van der Waals surface area contributed by atoms with Crippen LogP contribution in [0.4, 0.5) is 0 Å². The molecule has 0 saturated heterocycles.